The van der Waals surface area contributed by atoms with Gasteiger partial charge in [0.05, 0.1) is 23.9 Å². The van der Waals surface area contributed by atoms with E-state index >= 15 is 0 Å². The molecule has 0 aliphatic carbocycles. The van der Waals surface area contributed by atoms with Crippen LogP contribution in [0.25, 0.3) is 10.3 Å². The quantitative estimate of drug-likeness (QED) is 0.596. The Balaban J connectivity index is 1.65. The van der Waals surface area contributed by atoms with Crippen LogP contribution in [0.5, 0.6) is 0 Å². The predicted molar refractivity (Wildman–Crippen MR) is 117 cm³/mol. The van der Waals surface area contributed by atoms with Crippen LogP contribution in [0, 0.1) is 11.7 Å². The lowest BCUT2D eigenvalue weighted by molar-refractivity contribution is 0.0772. The molecular weight excluding hydrogens is 419 g/mol. The molecule has 3 aromatic rings. The van der Waals surface area contributed by atoms with Crippen molar-refractivity contribution in [3.05, 3.63) is 40.5 Å². The Morgan fingerprint density at radius 2 is 2.23 bits per heavy atom. The molecule has 1 aliphatic rings. The summed E-state index contributed by atoms with van der Waals surface area (Å²) < 4.78 is 19.5. The number of pyridine rings is 1. The summed E-state index contributed by atoms with van der Waals surface area (Å²) in [6.45, 7) is 5.83. The molecule has 2 unspecified atom stereocenters. The van der Waals surface area contributed by atoms with Gasteiger partial charge in [-0.3, -0.25) is 9.78 Å². The molecule has 8 nitrogen and oxygen atoms in total. The van der Waals surface area contributed by atoms with Crippen LogP contribution >= 0.6 is 11.3 Å². The highest BCUT2D eigenvalue weighted by Gasteiger charge is 2.30. The first-order valence-electron chi connectivity index (χ1n) is 10.3. The summed E-state index contributed by atoms with van der Waals surface area (Å²) in [5.74, 6) is 0.0794. The Morgan fingerprint density at radius 1 is 1.39 bits per heavy atom. The number of nitrogens with zero attached hydrogens (tertiary/aromatic N) is 5. The standard InChI is InChI=1S/C21H25FN6O2S/c1-4-16-25-19-18(31-16)17(20(29)28-6-5-13(10-28)11-30-3)26-21(27-19)24-12(2)14-7-15(22)9-23-8-14/h7-9,12-13H,4-6,10-11H2,1-3H3,(H,24,26,27). The Hall–Kier alpha value is -2.72. The number of likely N-dealkylation sites (tertiary alicyclic amines) is 1. The van der Waals surface area contributed by atoms with Crippen LogP contribution in [0.2, 0.25) is 0 Å². The molecule has 3 aromatic heterocycles. The van der Waals surface area contributed by atoms with E-state index in [9.17, 15) is 9.18 Å². The number of amides is 1. The molecule has 1 N–H and O–H groups in total. The number of aromatic nitrogens is 4. The van der Waals surface area contributed by atoms with Gasteiger partial charge >= 0.3 is 0 Å². The fourth-order valence-corrected chi connectivity index (χ4v) is 4.63. The molecule has 1 aliphatic heterocycles. The number of fused-ring (bicyclic) bond motifs is 1. The number of rotatable bonds is 7. The van der Waals surface area contributed by atoms with Gasteiger partial charge in [-0.1, -0.05) is 6.92 Å². The van der Waals surface area contributed by atoms with Crippen molar-refractivity contribution in [2.24, 2.45) is 5.92 Å². The van der Waals surface area contributed by atoms with Gasteiger partial charge in [0, 0.05) is 32.3 Å². The fraction of sp³-hybridized carbons (Fsp3) is 0.476. The topological polar surface area (TPSA) is 93.1 Å². The van der Waals surface area contributed by atoms with Crippen molar-refractivity contribution in [2.45, 2.75) is 32.7 Å². The first-order valence-corrected chi connectivity index (χ1v) is 11.1. The third-order valence-electron chi connectivity index (χ3n) is 5.35. The number of hydrogen-bond donors (Lipinski definition) is 1. The van der Waals surface area contributed by atoms with Crippen molar-refractivity contribution in [3.8, 4) is 0 Å². The van der Waals surface area contributed by atoms with Gasteiger partial charge in [-0.2, -0.15) is 4.98 Å². The van der Waals surface area contributed by atoms with Crippen LogP contribution in [0.1, 0.15) is 47.4 Å². The Bertz CT molecular complexity index is 1090. The maximum Gasteiger partial charge on any atom is 0.274 e. The average molecular weight is 445 g/mol. The first-order chi connectivity index (χ1) is 15.0. The molecule has 0 bridgehead atoms. The monoisotopic (exact) mass is 444 g/mol. The van der Waals surface area contributed by atoms with E-state index in [1.54, 1.807) is 13.3 Å². The molecule has 2 atom stereocenters. The second kappa shape index (κ2) is 9.19. The number of aryl methyl sites for hydroxylation is 1. The van der Waals surface area contributed by atoms with Gasteiger partial charge in [0.1, 0.15) is 10.5 Å². The molecule has 10 heteroatoms. The van der Waals surface area contributed by atoms with Crippen LogP contribution in [0.15, 0.2) is 18.5 Å². The molecule has 1 saturated heterocycles. The van der Waals surface area contributed by atoms with E-state index in [-0.39, 0.29) is 17.9 Å². The third-order valence-corrected chi connectivity index (χ3v) is 6.55. The number of thiazole rings is 1. The summed E-state index contributed by atoms with van der Waals surface area (Å²) in [5.41, 5.74) is 1.51. The predicted octanol–water partition coefficient (Wildman–Crippen LogP) is 3.46. The maximum atomic E-state index is 13.6. The van der Waals surface area contributed by atoms with E-state index in [0.29, 0.717) is 47.2 Å². The zero-order chi connectivity index (χ0) is 22.0. The minimum absolute atomic E-state index is 0.125. The molecule has 4 heterocycles. The van der Waals surface area contributed by atoms with Crippen molar-refractivity contribution in [1.29, 1.82) is 0 Å². The molecule has 0 aromatic carbocycles. The lowest BCUT2D eigenvalue weighted by Gasteiger charge is -2.18. The largest absolute Gasteiger partial charge is 0.384 e. The maximum absolute atomic E-state index is 13.6. The van der Waals surface area contributed by atoms with E-state index in [4.69, 9.17) is 4.74 Å². The Kier molecular flexibility index (Phi) is 6.38. The molecule has 1 fully saturated rings. The van der Waals surface area contributed by atoms with Gasteiger partial charge < -0.3 is 15.0 Å². The summed E-state index contributed by atoms with van der Waals surface area (Å²) in [5, 5.41) is 4.06. The first kappa shape index (κ1) is 21.5. The highest BCUT2D eigenvalue weighted by molar-refractivity contribution is 7.18. The summed E-state index contributed by atoms with van der Waals surface area (Å²) >= 11 is 1.45. The second-order valence-electron chi connectivity index (χ2n) is 7.67. The lowest BCUT2D eigenvalue weighted by Crippen LogP contribution is -2.30. The van der Waals surface area contributed by atoms with Gasteiger partial charge in [0.2, 0.25) is 5.95 Å². The highest BCUT2D eigenvalue weighted by atomic mass is 32.1. The second-order valence-corrected chi connectivity index (χ2v) is 8.76. The molecular formula is C21H25FN6O2S. The number of nitrogens with one attached hydrogen (secondary N) is 1. The number of halogens is 1. The molecule has 0 spiro atoms. The molecule has 0 saturated carbocycles. The van der Waals surface area contributed by atoms with Crippen LogP contribution in [-0.4, -0.2) is 57.5 Å². The number of ether oxygens (including phenoxy) is 1. The third kappa shape index (κ3) is 4.64. The molecule has 31 heavy (non-hydrogen) atoms. The summed E-state index contributed by atoms with van der Waals surface area (Å²) in [4.78, 5) is 32.7. The minimum atomic E-state index is -0.412. The van der Waals surface area contributed by atoms with Crippen LogP contribution in [0.4, 0.5) is 10.3 Å². The number of anilines is 1. The van der Waals surface area contributed by atoms with Crippen molar-refractivity contribution >= 4 is 33.5 Å². The van der Waals surface area contributed by atoms with Crippen LogP contribution in [0.3, 0.4) is 0 Å². The summed E-state index contributed by atoms with van der Waals surface area (Å²) in [7, 11) is 1.68. The van der Waals surface area contributed by atoms with E-state index in [0.717, 1.165) is 24.0 Å². The number of carbonyl (C=O) groups excluding carboxylic acids is 1. The molecule has 0 radical (unpaired) electrons. The summed E-state index contributed by atoms with van der Waals surface area (Å²) in [6.07, 6.45) is 4.40. The van der Waals surface area contributed by atoms with Crippen molar-refractivity contribution in [2.75, 3.05) is 32.1 Å². The van der Waals surface area contributed by atoms with E-state index < -0.39 is 5.82 Å². The zero-order valence-corrected chi connectivity index (χ0v) is 18.6. The summed E-state index contributed by atoms with van der Waals surface area (Å²) in [6, 6.07) is 1.11. The van der Waals surface area contributed by atoms with Crippen molar-refractivity contribution < 1.29 is 13.9 Å². The van der Waals surface area contributed by atoms with Gasteiger partial charge in [0.25, 0.3) is 5.91 Å². The van der Waals surface area contributed by atoms with Gasteiger partial charge in [-0.25, -0.2) is 14.4 Å². The highest BCUT2D eigenvalue weighted by Crippen LogP contribution is 2.29. The molecule has 164 valence electrons. The Morgan fingerprint density at radius 3 is 2.97 bits per heavy atom. The van der Waals surface area contributed by atoms with E-state index in [1.165, 1.54) is 17.4 Å². The fourth-order valence-electron chi connectivity index (χ4n) is 3.71. The molecule has 4 rings (SSSR count). The van der Waals surface area contributed by atoms with Gasteiger partial charge in [0.15, 0.2) is 11.3 Å². The lowest BCUT2D eigenvalue weighted by atomic mass is 10.1. The average Bonchev–Trinajstić information content (AvgIpc) is 3.39. The zero-order valence-electron chi connectivity index (χ0n) is 17.8. The SMILES string of the molecule is CCc1nc2nc(NC(C)c3cncc(F)c3)nc(C(=O)N3CCC(COC)C3)c2s1. The number of methoxy groups -OCH3 is 1. The minimum Gasteiger partial charge on any atom is -0.384 e. The van der Waals surface area contributed by atoms with Crippen LogP contribution < -0.4 is 5.32 Å². The van der Waals surface area contributed by atoms with Gasteiger partial charge in [-0.15, -0.1) is 11.3 Å². The molecule has 1 amide bonds. The van der Waals surface area contributed by atoms with E-state index in [2.05, 4.69) is 25.3 Å². The van der Waals surface area contributed by atoms with Crippen molar-refractivity contribution in [3.63, 3.8) is 0 Å². The van der Waals surface area contributed by atoms with Gasteiger partial charge in [-0.05, 0) is 31.4 Å². The van der Waals surface area contributed by atoms with Crippen molar-refractivity contribution in [1.82, 2.24) is 24.8 Å². The Labute approximate surface area is 183 Å². The number of carbonyl (C=O) groups is 1. The number of hydrogen-bond acceptors (Lipinski definition) is 8. The smallest absolute Gasteiger partial charge is 0.274 e. The van der Waals surface area contributed by atoms with E-state index in [1.807, 2.05) is 18.7 Å². The normalized spacial score (nSPS) is 17.3. The van der Waals surface area contributed by atoms with Crippen LogP contribution in [-0.2, 0) is 11.2 Å².